The fraction of sp³-hybridized carbons (Fsp3) is 0.281. The van der Waals surface area contributed by atoms with Crippen molar-refractivity contribution in [1.29, 1.82) is 5.26 Å². The van der Waals surface area contributed by atoms with Crippen molar-refractivity contribution in [3.63, 3.8) is 0 Å². The van der Waals surface area contributed by atoms with Crippen LogP contribution in [0.5, 0.6) is 0 Å². The molecule has 4 aromatic rings. The summed E-state index contributed by atoms with van der Waals surface area (Å²) in [4.78, 5) is 35.7. The van der Waals surface area contributed by atoms with Crippen LogP contribution in [0.25, 0.3) is 33.3 Å². The van der Waals surface area contributed by atoms with Gasteiger partial charge in [0.15, 0.2) is 6.73 Å². The summed E-state index contributed by atoms with van der Waals surface area (Å²) in [5.41, 5.74) is 10.8. The number of pyridine rings is 2. The van der Waals surface area contributed by atoms with Crippen LogP contribution in [-0.2, 0) is 21.1 Å². The largest absolute Gasteiger partial charge is 0.443 e. The summed E-state index contributed by atoms with van der Waals surface area (Å²) in [5, 5.41) is 13.1. The van der Waals surface area contributed by atoms with E-state index in [4.69, 9.17) is 15.5 Å². The average molecular weight is 566 g/mol. The summed E-state index contributed by atoms with van der Waals surface area (Å²) >= 11 is 0. The normalized spacial score (nSPS) is 12.1. The zero-order valence-corrected chi connectivity index (χ0v) is 24.2. The lowest BCUT2D eigenvalue weighted by Gasteiger charge is -2.14. The number of nitrogens with one attached hydrogen (secondary N) is 1. The van der Waals surface area contributed by atoms with Gasteiger partial charge in [0, 0.05) is 53.4 Å². The topological polar surface area (TPSA) is 139 Å². The van der Waals surface area contributed by atoms with Gasteiger partial charge in [-0.3, -0.25) is 14.2 Å². The number of ether oxygens (including phenoxy) is 1. The molecule has 1 unspecified atom stereocenters. The van der Waals surface area contributed by atoms with Gasteiger partial charge in [-0.25, -0.2) is 9.97 Å². The Hall–Kier alpha value is -4.85. The molecule has 216 valence electrons. The van der Waals surface area contributed by atoms with Crippen molar-refractivity contribution in [3.05, 3.63) is 78.9 Å². The number of nitrogens with two attached hydrogens (primary N) is 1. The lowest BCUT2D eigenvalue weighted by Crippen LogP contribution is -2.33. The highest BCUT2D eigenvalue weighted by molar-refractivity contribution is 6.00. The molecule has 0 fully saturated rings. The van der Waals surface area contributed by atoms with Gasteiger partial charge >= 0.3 is 5.97 Å². The van der Waals surface area contributed by atoms with E-state index in [0.717, 1.165) is 27.6 Å². The van der Waals surface area contributed by atoms with Crippen LogP contribution in [0.4, 0.5) is 5.69 Å². The van der Waals surface area contributed by atoms with E-state index in [2.05, 4.69) is 16.4 Å². The first-order valence-corrected chi connectivity index (χ1v) is 13.6. The third-order valence-electron chi connectivity index (χ3n) is 6.48. The maximum Gasteiger partial charge on any atom is 0.324 e. The number of hydrogen-bond acceptors (Lipinski definition) is 8. The number of anilines is 1. The summed E-state index contributed by atoms with van der Waals surface area (Å²) in [5.74, 6) is -0.426. The van der Waals surface area contributed by atoms with Crippen molar-refractivity contribution in [2.75, 3.05) is 26.0 Å². The highest BCUT2D eigenvalue weighted by atomic mass is 16.5. The number of nitriles is 1. The van der Waals surface area contributed by atoms with Gasteiger partial charge in [-0.15, -0.1) is 0 Å². The third-order valence-corrected chi connectivity index (χ3v) is 6.48. The average Bonchev–Trinajstić information content (AvgIpc) is 3.33. The van der Waals surface area contributed by atoms with Crippen molar-refractivity contribution in [3.8, 4) is 28.3 Å². The van der Waals surface area contributed by atoms with Crippen LogP contribution in [-0.4, -0.2) is 58.0 Å². The van der Waals surface area contributed by atoms with E-state index in [9.17, 15) is 14.9 Å². The molecule has 1 amide bonds. The first-order valence-electron chi connectivity index (χ1n) is 13.6. The molecule has 0 saturated heterocycles. The lowest BCUT2D eigenvalue weighted by molar-refractivity contribution is -0.149. The fourth-order valence-electron chi connectivity index (χ4n) is 4.49. The van der Waals surface area contributed by atoms with E-state index in [1.165, 1.54) is 6.08 Å². The van der Waals surface area contributed by atoms with Crippen LogP contribution >= 0.6 is 0 Å². The van der Waals surface area contributed by atoms with Gasteiger partial charge in [-0.2, -0.15) is 5.26 Å². The molecule has 3 aromatic heterocycles. The van der Waals surface area contributed by atoms with E-state index in [0.29, 0.717) is 24.3 Å². The number of nitrogens with zero attached hydrogens (tertiary/aromatic N) is 5. The highest BCUT2D eigenvalue weighted by Gasteiger charge is 2.19. The Morgan fingerprint density at radius 1 is 1.14 bits per heavy atom. The van der Waals surface area contributed by atoms with Gasteiger partial charge in [0.1, 0.15) is 23.5 Å². The minimum Gasteiger partial charge on any atom is -0.443 e. The van der Waals surface area contributed by atoms with Gasteiger partial charge in [-0.1, -0.05) is 32.1 Å². The second-order valence-electron chi connectivity index (χ2n) is 10.7. The Morgan fingerprint density at radius 2 is 1.95 bits per heavy atom. The molecule has 42 heavy (non-hydrogen) atoms. The van der Waals surface area contributed by atoms with E-state index in [1.54, 1.807) is 29.1 Å². The van der Waals surface area contributed by atoms with Gasteiger partial charge in [0.25, 0.3) is 0 Å². The molecular weight excluding hydrogens is 530 g/mol. The standard InChI is InChI=1S/C32H35N7O3/c1-21(2)13-29(34)32(41)42-20-39-19-28(23-10-11-35-26(15-23)17-33)27-16-24(18-36-31(27)39)22-7-5-8-25(14-22)37-30(40)9-6-12-38(3)4/h5-11,14-16,18-19,21,29H,12-13,20,34H2,1-4H3,(H,37,40)/b9-6+. The van der Waals surface area contributed by atoms with Crippen LogP contribution in [0.2, 0.25) is 0 Å². The number of fused-ring (bicyclic) bond motifs is 1. The van der Waals surface area contributed by atoms with Crippen molar-refractivity contribution in [2.24, 2.45) is 11.7 Å². The van der Waals surface area contributed by atoms with E-state index in [1.807, 2.05) is 75.4 Å². The zero-order chi connectivity index (χ0) is 30.2. The SMILES string of the molecule is CC(C)CC(N)C(=O)OCn1cc(-c2ccnc(C#N)c2)c2cc(-c3cccc(NC(=O)/C=C/CN(C)C)c3)cnc21. The number of aromatic nitrogens is 3. The molecule has 1 atom stereocenters. The second-order valence-corrected chi connectivity index (χ2v) is 10.7. The second kappa shape index (κ2) is 13.7. The molecular formula is C32H35N7O3. The molecule has 0 radical (unpaired) electrons. The summed E-state index contributed by atoms with van der Waals surface area (Å²) in [6, 6.07) is 14.4. The number of amides is 1. The predicted molar refractivity (Wildman–Crippen MR) is 163 cm³/mol. The molecule has 0 aliphatic heterocycles. The molecule has 0 spiro atoms. The zero-order valence-electron chi connectivity index (χ0n) is 24.2. The number of hydrogen-bond donors (Lipinski definition) is 2. The van der Waals surface area contributed by atoms with E-state index in [-0.39, 0.29) is 24.2 Å². The summed E-state index contributed by atoms with van der Waals surface area (Å²) in [7, 11) is 3.87. The first-order chi connectivity index (χ1) is 20.1. The Balaban J connectivity index is 1.68. The fourth-order valence-corrected chi connectivity index (χ4v) is 4.49. The number of carbonyl (C=O) groups excluding carboxylic acids is 2. The lowest BCUT2D eigenvalue weighted by atomic mass is 10.0. The van der Waals surface area contributed by atoms with E-state index >= 15 is 0 Å². The summed E-state index contributed by atoms with van der Waals surface area (Å²) in [6.07, 6.45) is 9.00. The molecule has 3 heterocycles. The molecule has 10 heteroatoms. The van der Waals surface area contributed by atoms with Crippen molar-refractivity contribution >= 4 is 28.6 Å². The maximum absolute atomic E-state index is 12.5. The molecule has 3 N–H and O–H groups in total. The van der Waals surface area contributed by atoms with Crippen LogP contribution in [0.15, 0.2) is 73.2 Å². The third kappa shape index (κ3) is 7.66. The molecule has 0 saturated carbocycles. The molecule has 4 rings (SSSR count). The minimum absolute atomic E-state index is 0.0630. The summed E-state index contributed by atoms with van der Waals surface area (Å²) < 4.78 is 7.30. The number of benzene rings is 1. The summed E-state index contributed by atoms with van der Waals surface area (Å²) in [6.45, 7) is 4.60. The Bertz CT molecular complexity index is 1650. The molecule has 0 aliphatic carbocycles. The Morgan fingerprint density at radius 3 is 2.69 bits per heavy atom. The minimum atomic E-state index is -0.708. The first kappa shape index (κ1) is 30.1. The molecule has 0 aliphatic rings. The van der Waals surface area contributed by atoms with E-state index < -0.39 is 12.0 Å². The van der Waals surface area contributed by atoms with Crippen LogP contribution in [0.1, 0.15) is 26.0 Å². The smallest absolute Gasteiger partial charge is 0.324 e. The van der Waals surface area contributed by atoms with Gasteiger partial charge in [0.2, 0.25) is 5.91 Å². The van der Waals surface area contributed by atoms with Crippen molar-refractivity contribution < 1.29 is 14.3 Å². The van der Waals surface area contributed by atoms with Crippen LogP contribution < -0.4 is 11.1 Å². The maximum atomic E-state index is 12.5. The molecule has 0 bridgehead atoms. The number of carbonyl (C=O) groups is 2. The highest BCUT2D eigenvalue weighted by Crippen LogP contribution is 2.33. The number of likely N-dealkylation sites (N-methyl/N-ethyl adjacent to an activating group) is 1. The predicted octanol–water partition coefficient (Wildman–Crippen LogP) is 4.57. The van der Waals surface area contributed by atoms with Gasteiger partial charge < -0.3 is 20.7 Å². The van der Waals surface area contributed by atoms with Gasteiger partial charge in [0.05, 0.1) is 0 Å². The quantitative estimate of drug-likeness (QED) is 0.199. The van der Waals surface area contributed by atoms with Crippen LogP contribution in [0, 0.1) is 17.2 Å². The number of rotatable bonds is 11. The van der Waals surface area contributed by atoms with Crippen LogP contribution in [0.3, 0.4) is 0 Å². The molecule has 1 aromatic carbocycles. The molecule has 10 nitrogen and oxygen atoms in total. The van der Waals surface area contributed by atoms with Crippen molar-refractivity contribution in [1.82, 2.24) is 19.4 Å². The van der Waals surface area contributed by atoms with Gasteiger partial charge in [-0.05, 0) is 67.9 Å². The Kier molecular flexibility index (Phi) is 9.81. The number of esters is 1. The monoisotopic (exact) mass is 565 g/mol. The van der Waals surface area contributed by atoms with Crippen molar-refractivity contribution in [2.45, 2.75) is 33.0 Å². The Labute approximate surface area is 245 Å².